The topological polar surface area (TPSA) is 21.3 Å². The largest absolute Gasteiger partial charge is 0.456 e. The summed E-state index contributed by atoms with van der Waals surface area (Å²) in [7, 11) is -2.31. The van der Waals surface area contributed by atoms with Crippen LogP contribution in [0.25, 0.3) is 71.3 Å². The number of fused-ring (bicyclic) bond motifs is 14. The third kappa shape index (κ3) is 4.84. The fourth-order valence-corrected chi connectivity index (χ4v) is 15.3. The van der Waals surface area contributed by atoms with Crippen molar-refractivity contribution in [3.63, 3.8) is 0 Å². The van der Waals surface area contributed by atoms with E-state index in [-0.39, 0.29) is 0 Å². The van der Waals surface area contributed by atoms with Gasteiger partial charge in [-0.05, 0) is 121 Å². The zero-order valence-corrected chi connectivity index (χ0v) is 37.1. The molecule has 3 heterocycles. The molecule has 0 amide bonds. The maximum atomic E-state index is 6.40. The molecule has 0 saturated carbocycles. The molecule has 14 rings (SSSR count). The van der Waals surface area contributed by atoms with Crippen LogP contribution >= 0.6 is 0 Å². The van der Waals surface area contributed by atoms with Crippen molar-refractivity contribution in [1.29, 1.82) is 0 Å². The van der Waals surface area contributed by atoms with Crippen molar-refractivity contribution in [3.8, 4) is 16.8 Å². The van der Waals surface area contributed by atoms with Crippen LogP contribution in [0.2, 0.25) is 13.1 Å². The minimum absolute atomic E-state index is 0.487. The molecule has 1 atom stereocenters. The molecule has 2 aliphatic rings. The van der Waals surface area contributed by atoms with Crippen LogP contribution < -0.4 is 15.3 Å². The van der Waals surface area contributed by atoms with E-state index in [1.807, 2.05) is 6.07 Å². The van der Waals surface area contributed by atoms with Crippen LogP contribution in [-0.4, -0.2) is 12.6 Å². The molecule has 65 heavy (non-hydrogen) atoms. The summed E-state index contributed by atoms with van der Waals surface area (Å²) in [6.07, 6.45) is 0. The SMILES string of the molecule is C[Si]1(C)c2ccccc2C2(c3ccccc3-c3cccc4cccc2c34)c2ccc(N(c3ccccc3)c3ccc4c(c3)c3ccccc3n4-c3cccc4oc5ccccc5c34)cc21. The first kappa shape index (κ1) is 36.5. The highest BCUT2D eigenvalue weighted by Crippen LogP contribution is 2.56. The van der Waals surface area contributed by atoms with Crippen LogP contribution in [-0.2, 0) is 5.41 Å². The molecule has 4 heteroatoms. The predicted molar refractivity (Wildman–Crippen MR) is 274 cm³/mol. The number of para-hydroxylation sites is 3. The van der Waals surface area contributed by atoms with Gasteiger partial charge in [-0.25, -0.2) is 0 Å². The Morgan fingerprint density at radius 2 is 1.05 bits per heavy atom. The number of benzene rings is 10. The summed E-state index contributed by atoms with van der Waals surface area (Å²) in [5.41, 5.74) is 16.3. The summed E-state index contributed by atoms with van der Waals surface area (Å²) in [4.78, 5) is 2.47. The van der Waals surface area contributed by atoms with E-state index in [0.717, 1.165) is 50.2 Å². The maximum Gasteiger partial charge on any atom is 0.137 e. The van der Waals surface area contributed by atoms with Crippen LogP contribution in [0.3, 0.4) is 0 Å². The quantitative estimate of drug-likeness (QED) is 0.165. The summed E-state index contributed by atoms with van der Waals surface area (Å²) in [5.74, 6) is 0. The van der Waals surface area contributed by atoms with E-state index < -0.39 is 13.5 Å². The minimum Gasteiger partial charge on any atom is -0.456 e. The predicted octanol–water partition coefficient (Wildman–Crippen LogP) is 14.8. The van der Waals surface area contributed by atoms with E-state index in [1.54, 1.807) is 0 Å². The normalized spacial score (nSPS) is 15.7. The zero-order chi connectivity index (χ0) is 43.0. The summed E-state index contributed by atoms with van der Waals surface area (Å²) in [5, 5.41) is 10.3. The summed E-state index contributed by atoms with van der Waals surface area (Å²) < 4.78 is 8.83. The number of hydrogen-bond donors (Lipinski definition) is 0. The summed E-state index contributed by atoms with van der Waals surface area (Å²) in [6, 6.07) is 81.4. The van der Waals surface area contributed by atoms with Gasteiger partial charge in [0.2, 0.25) is 0 Å². The van der Waals surface area contributed by atoms with Crippen molar-refractivity contribution >= 4 is 90.0 Å². The van der Waals surface area contributed by atoms with Gasteiger partial charge in [0.1, 0.15) is 19.2 Å². The number of rotatable bonds is 4. The van der Waals surface area contributed by atoms with Gasteiger partial charge in [0.15, 0.2) is 0 Å². The number of furan rings is 1. The number of hydrogen-bond acceptors (Lipinski definition) is 2. The second-order valence-electron chi connectivity index (χ2n) is 18.4. The van der Waals surface area contributed by atoms with Gasteiger partial charge in [-0.2, -0.15) is 0 Å². The van der Waals surface area contributed by atoms with Crippen LogP contribution in [0.4, 0.5) is 17.1 Å². The number of aromatic nitrogens is 1. The minimum atomic E-state index is -2.31. The number of anilines is 3. The Morgan fingerprint density at radius 3 is 1.94 bits per heavy atom. The highest BCUT2D eigenvalue weighted by molar-refractivity contribution is 7.01. The molecule has 0 saturated heterocycles. The monoisotopic (exact) mass is 846 g/mol. The molecular weight excluding hydrogens is 805 g/mol. The van der Waals surface area contributed by atoms with E-state index in [1.165, 1.54) is 70.8 Å². The molecule has 0 bridgehead atoms. The standard InChI is InChI=1S/C61H42N2OSi/c1-65(2)57-32-13-10-26-49(57)61(48-25-9-6-21-43(48)45-24-14-17-39-18-15-27-51(61)59(39)45)50-35-33-42(38-58(50)65)62(40-19-4-3-5-20-40)41-34-36-53-47(37-41)44-22-7-11-28-52(44)63(53)54-29-16-31-56-60(54)46-23-8-12-30-55(46)64-56/h3-38H,1-2H3. The highest BCUT2D eigenvalue weighted by atomic mass is 28.3. The van der Waals surface area contributed by atoms with Crippen LogP contribution in [0, 0.1) is 0 Å². The molecule has 3 nitrogen and oxygen atoms in total. The molecule has 1 unspecified atom stereocenters. The Bertz CT molecular complexity index is 3950. The summed E-state index contributed by atoms with van der Waals surface area (Å²) in [6.45, 7) is 5.12. The third-order valence-corrected chi connectivity index (χ3v) is 18.4. The second-order valence-corrected chi connectivity index (χ2v) is 22.7. The van der Waals surface area contributed by atoms with Crippen molar-refractivity contribution in [2.75, 3.05) is 4.90 Å². The highest BCUT2D eigenvalue weighted by Gasteiger charge is 2.52. The molecule has 12 aromatic rings. The lowest BCUT2D eigenvalue weighted by molar-refractivity contribution is 0.669. The van der Waals surface area contributed by atoms with Gasteiger partial charge in [0.25, 0.3) is 0 Å². The van der Waals surface area contributed by atoms with Crippen molar-refractivity contribution in [1.82, 2.24) is 4.57 Å². The van der Waals surface area contributed by atoms with Crippen LogP contribution in [0.5, 0.6) is 0 Å². The van der Waals surface area contributed by atoms with Crippen molar-refractivity contribution in [2.24, 2.45) is 0 Å². The molecule has 10 aromatic carbocycles. The molecule has 0 N–H and O–H groups in total. The average Bonchev–Trinajstić information content (AvgIpc) is 3.91. The molecular formula is C61H42N2OSi. The first-order valence-electron chi connectivity index (χ1n) is 22.7. The lowest BCUT2D eigenvalue weighted by Crippen LogP contribution is -2.63. The molecule has 0 radical (unpaired) electrons. The van der Waals surface area contributed by atoms with Crippen LogP contribution in [0.15, 0.2) is 223 Å². The molecule has 0 fully saturated rings. The number of nitrogens with zero attached hydrogens (tertiary/aromatic N) is 2. The van der Waals surface area contributed by atoms with E-state index >= 15 is 0 Å². The Hall–Kier alpha value is -7.92. The third-order valence-electron chi connectivity index (χ3n) is 14.8. The Kier molecular flexibility index (Phi) is 7.48. The molecule has 2 aromatic heterocycles. The van der Waals surface area contributed by atoms with Gasteiger partial charge in [-0.3, -0.25) is 0 Å². The Balaban J connectivity index is 1.02. The van der Waals surface area contributed by atoms with Gasteiger partial charge >= 0.3 is 0 Å². The molecule has 1 aliphatic carbocycles. The first-order valence-corrected chi connectivity index (χ1v) is 25.7. The Labute approximate surface area is 378 Å². The zero-order valence-electron chi connectivity index (χ0n) is 36.1. The van der Waals surface area contributed by atoms with Gasteiger partial charge < -0.3 is 13.9 Å². The van der Waals surface area contributed by atoms with Crippen LogP contribution in [0.1, 0.15) is 22.3 Å². The summed E-state index contributed by atoms with van der Waals surface area (Å²) >= 11 is 0. The molecule has 1 aliphatic heterocycles. The van der Waals surface area contributed by atoms with E-state index in [4.69, 9.17) is 4.42 Å². The van der Waals surface area contributed by atoms with E-state index in [0.29, 0.717) is 0 Å². The average molecular weight is 847 g/mol. The first-order chi connectivity index (χ1) is 32.0. The van der Waals surface area contributed by atoms with Crippen molar-refractivity contribution < 1.29 is 4.42 Å². The lowest BCUT2D eigenvalue weighted by atomic mass is 9.59. The van der Waals surface area contributed by atoms with Gasteiger partial charge in [-0.15, -0.1) is 0 Å². The smallest absolute Gasteiger partial charge is 0.137 e. The van der Waals surface area contributed by atoms with Gasteiger partial charge in [0, 0.05) is 33.2 Å². The second kappa shape index (κ2) is 13.3. The van der Waals surface area contributed by atoms with E-state index in [9.17, 15) is 0 Å². The van der Waals surface area contributed by atoms with Crippen molar-refractivity contribution in [3.05, 3.63) is 241 Å². The Morgan fingerprint density at radius 1 is 0.415 bits per heavy atom. The molecule has 1 spiro atoms. The van der Waals surface area contributed by atoms with Gasteiger partial charge in [-0.1, -0.05) is 165 Å². The fraction of sp³-hybridized carbons (Fsp3) is 0.0492. The maximum absolute atomic E-state index is 6.40. The lowest BCUT2D eigenvalue weighted by Gasteiger charge is -2.50. The molecule has 306 valence electrons. The fourth-order valence-electron chi connectivity index (χ4n) is 12.1. The van der Waals surface area contributed by atoms with Gasteiger partial charge in [0.05, 0.1) is 27.5 Å². The van der Waals surface area contributed by atoms with Crippen molar-refractivity contribution in [2.45, 2.75) is 18.5 Å². The van der Waals surface area contributed by atoms with E-state index in [2.05, 4.69) is 235 Å².